The van der Waals surface area contributed by atoms with Gasteiger partial charge >= 0.3 is 0 Å². The van der Waals surface area contributed by atoms with Gasteiger partial charge in [-0.25, -0.2) is 18.5 Å². The lowest BCUT2D eigenvalue weighted by atomic mass is 10.2. The molecule has 0 aliphatic carbocycles. The third-order valence-corrected chi connectivity index (χ3v) is 6.10. The van der Waals surface area contributed by atoms with Crippen LogP contribution in [0.4, 0.5) is 0 Å². The molecule has 0 bridgehead atoms. The minimum atomic E-state index is -3.66. The number of aromatic nitrogens is 1. The number of hydrogen-bond donors (Lipinski definition) is 1. The summed E-state index contributed by atoms with van der Waals surface area (Å²) in [7, 11) is -3.66. The van der Waals surface area contributed by atoms with Gasteiger partial charge in [0.25, 0.3) is 10.0 Å². The Kier molecular flexibility index (Phi) is 6.89. The highest BCUT2D eigenvalue weighted by molar-refractivity contribution is 7.91. The Balaban J connectivity index is 0.000000162. The first-order valence-electron chi connectivity index (χ1n) is 8.56. The normalized spacial score (nSPS) is 11.0. The molecule has 0 amide bonds. The number of thiazole rings is 1. The number of hydrogen-bond acceptors (Lipinski definition) is 5. The predicted octanol–water partition coefficient (Wildman–Crippen LogP) is 4.35. The maximum Gasteiger partial charge on any atom is 0.265 e. The van der Waals surface area contributed by atoms with Crippen molar-refractivity contribution < 1.29 is 13.2 Å². The van der Waals surface area contributed by atoms with E-state index in [-0.39, 0.29) is 4.34 Å². The number of para-hydroxylation sites is 1. The van der Waals surface area contributed by atoms with Gasteiger partial charge in [-0.15, -0.1) is 11.3 Å². The van der Waals surface area contributed by atoms with Crippen LogP contribution in [-0.4, -0.2) is 13.4 Å². The molecule has 0 aliphatic rings. The zero-order valence-corrected chi connectivity index (χ0v) is 16.7. The fraction of sp³-hybridized carbons (Fsp3) is 0.0952. The van der Waals surface area contributed by atoms with Gasteiger partial charge in [0.05, 0.1) is 23.4 Å². The summed E-state index contributed by atoms with van der Waals surface area (Å²) in [6, 6.07) is 27.6. The number of nitrogens with zero attached hydrogens (tertiary/aromatic N) is 1. The van der Waals surface area contributed by atoms with Gasteiger partial charge in [-0.3, -0.25) is 0 Å². The molecule has 0 unspecified atom stereocenters. The van der Waals surface area contributed by atoms with E-state index in [1.807, 2.05) is 48.5 Å². The molecule has 0 saturated carbocycles. The molecule has 0 saturated heterocycles. The lowest BCUT2D eigenvalue weighted by Gasteiger charge is -2.03. The molecule has 7 heteroatoms. The van der Waals surface area contributed by atoms with Crippen LogP contribution in [0, 0.1) is 0 Å². The smallest absolute Gasteiger partial charge is 0.265 e. The van der Waals surface area contributed by atoms with Crippen LogP contribution >= 0.6 is 11.3 Å². The minimum Gasteiger partial charge on any atom is -0.372 e. The minimum absolute atomic E-state index is 0.0336. The molecule has 1 aromatic heterocycles. The molecule has 1 heterocycles. The Labute approximate surface area is 168 Å². The van der Waals surface area contributed by atoms with Crippen LogP contribution in [0.25, 0.3) is 10.2 Å². The van der Waals surface area contributed by atoms with Gasteiger partial charge in [-0.2, -0.15) is 0 Å². The van der Waals surface area contributed by atoms with Crippen LogP contribution in [0.2, 0.25) is 0 Å². The van der Waals surface area contributed by atoms with Crippen molar-refractivity contribution in [2.45, 2.75) is 17.6 Å². The van der Waals surface area contributed by atoms with Gasteiger partial charge in [0.15, 0.2) is 0 Å². The Morgan fingerprint density at radius 2 is 1.29 bits per heavy atom. The van der Waals surface area contributed by atoms with Crippen LogP contribution in [0.3, 0.4) is 0 Å². The largest absolute Gasteiger partial charge is 0.372 e. The number of nitrogens with two attached hydrogens (primary N) is 1. The fourth-order valence-corrected chi connectivity index (χ4v) is 4.06. The van der Waals surface area contributed by atoms with E-state index in [0.29, 0.717) is 18.7 Å². The molecule has 2 N–H and O–H groups in total. The third-order valence-electron chi connectivity index (χ3n) is 3.74. The topological polar surface area (TPSA) is 82.3 Å². The van der Waals surface area contributed by atoms with Crippen molar-refractivity contribution in [1.29, 1.82) is 0 Å². The van der Waals surface area contributed by atoms with E-state index in [9.17, 15) is 8.42 Å². The zero-order chi connectivity index (χ0) is 19.8. The quantitative estimate of drug-likeness (QED) is 0.528. The summed E-state index contributed by atoms with van der Waals surface area (Å²) in [5, 5.41) is 4.94. The maximum atomic E-state index is 10.9. The second kappa shape index (κ2) is 9.57. The van der Waals surface area contributed by atoms with Crippen molar-refractivity contribution >= 4 is 31.6 Å². The van der Waals surface area contributed by atoms with Crippen LogP contribution in [-0.2, 0) is 28.0 Å². The molecule has 28 heavy (non-hydrogen) atoms. The SMILES string of the molecule is NS(=O)(=O)c1nc2ccccc2s1.c1ccc(COCc2ccccc2)cc1. The monoisotopic (exact) mass is 412 g/mol. The summed E-state index contributed by atoms with van der Waals surface area (Å²) in [6.07, 6.45) is 0. The van der Waals surface area contributed by atoms with Crippen molar-refractivity contribution in [3.8, 4) is 0 Å². The highest BCUT2D eigenvalue weighted by Gasteiger charge is 2.13. The molecule has 0 fully saturated rings. The molecule has 0 atom stereocenters. The summed E-state index contributed by atoms with van der Waals surface area (Å²) in [4.78, 5) is 3.89. The second-order valence-electron chi connectivity index (χ2n) is 5.96. The zero-order valence-electron chi connectivity index (χ0n) is 15.1. The van der Waals surface area contributed by atoms with E-state index in [2.05, 4.69) is 29.2 Å². The van der Waals surface area contributed by atoms with Crippen molar-refractivity contribution in [2.24, 2.45) is 5.14 Å². The van der Waals surface area contributed by atoms with Crippen LogP contribution in [0.5, 0.6) is 0 Å². The van der Waals surface area contributed by atoms with Crippen LogP contribution in [0.1, 0.15) is 11.1 Å². The van der Waals surface area contributed by atoms with E-state index in [0.717, 1.165) is 16.0 Å². The van der Waals surface area contributed by atoms with E-state index < -0.39 is 10.0 Å². The first kappa shape index (κ1) is 20.2. The summed E-state index contributed by atoms with van der Waals surface area (Å²) in [6.45, 7) is 1.35. The summed E-state index contributed by atoms with van der Waals surface area (Å²) < 4.78 is 28.3. The molecular weight excluding hydrogens is 392 g/mol. The van der Waals surface area contributed by atoms with Gasteiger partial charge in [0, 0.05) is 0 Å². The summed E-state index contributed by atoms with van der Waals surface area (Å²) in [5.74, 6) is 0. The predicted molar refractivity (Wildman–Crippen MR) is 112 cm³/mol. The Morgan fingerprint density at radius 3 is 1.79 bits per heavy atom. The first-order chi connectivity index (χ1) is 13.5. The Bertz CT molecular complexity index is 1040. The average molecular weight is 413 g/mol. The number of rotatable bonds is 5. The molecule has 144 valence electrons. The van der Waals surface area contributed by atoms with Gasteiger partial charge in [-0.1, -0.05) is 72.8 Å². The fourth-order valence-electron chi connectivity index (χ4n) is 2.41. The van der Waals surface area contributed by atoms with E-state index in [4.69, 9.17) is 9.88 Å². The standard InChI is InChI=1S/C14H14O.C7H6N2O2S2/c1-3-7-13(8-4-1)11-15-12-14-9-5-2-6-10-14;8-13(10,11)7-9-5-3-1-2-4-6(5)12-7/h1-10H,11-12H2;1-4H,(H2,8,10,11). The summed E-state index contributed by atoms with van der Waals surface area (Å²) >= 11 is 1.08. The van der Waals surface area contributed by atoms with E-state index in [1.54, 1.807) is 12.1 Å². The third kappa shape index (κ3) is 5.97. The summed E-state index contributed by atoms with van der Waals surface area (Å²) in [5.41, 5.74) is 3.10. The maximum absolute atomic E-state index is 10.9. The second-order valence-corrected chi connectivity index (χ2v) is 8.72. The number of sulfonamides is 1. The Morgan fingerprint density at radius 1 is 0.786 bits per heavy atom. The number of primary sulfonamides is 1. The van der Waals surface area contributed by atoms with Gasteiger partial charge in [-0.05, 0) is 23.3 Å². The lowest BCUT2D eigenvalue weighted by Crippen LogP contribution is -2.11. The van der Waals surface area contributed by atoms with Crippen LogP contribution < -0.4 is 5.14 Å². The number of ether oxygens (including phenoxy) is 1. The molecule has 0 radical (unpaired) electrons. The molecular formula is C21H20N2O3S2. The van der Waals surface area contributed by atoms with Crippen molar-refractivity contribution in [3.05, 3.63) is 96.1 Å². The van der Waals surface area contributed by atoms with Crippen molar-refractivity contribution in [2.75, 3.05) is 0 Å². The lowest BCUT2D eigenvalue weighted by molar-refractivity contribution is 0.107. The van der Waals surface area contributed by atoms with Crippen molar-refractivity contribution in [3.63, 3.8) is 0 Å². The molecule has 0 spiro atoms. The average Bonchev–Trinajstić information content (AvgIpc) is 3.15. The Hall–Kier alpha value is -2.58. The van der Waals surface area contributed by atoms with Gasteiger partial charge in [0.1, 0.15) is 0 Å². The van der Waals surface area contributed by atoms with Gasteiger partial charge < -0.3 is 4.74 Å². The number of fused-ring (bicyclic) bond motifs is 1. The van der Waals surface area contributed by atoms with E-state index >= 15 is 0 Å². The molecule has 4 aromatic rings. The number of benzene rings is 3. The molecule has 5 nitrogen and oxygen atoms in total. The first-order valence-corrected chi connectivity index (χ1v) is 10.9. The molecule has 0 aliphatic heterocycles. The van der Waals surface area contributed by atoms with Crippen molar-refractivity contribution in [1.82, 2.24) is 4.98 Å². The molecule has 3 aromatic carbocycles. The highest BCUT2D eigenvalue weighted by atomic mass is 32.2. The molecule has 4 rings (SSSR count). The van der Waals surface area contributed by atoms with E-state index in [1.165, 1.54) is 11.1 Å². The van der Waals surface area contributed by atoms with Crippen LogP contribution in [0.15, 0.2) is 89.3 Å². The highest BCUT2D eigenvalue weighted by Crippen LogP contribution is 2.23. The van der Waals surface area contributed by atoms with Gasteiger partial charge in [0.2, 0.25) is 4.34 Å².